The van der Waals surface area contributed by atoms with E-state index in [9.17, 15) is 9.59 Å². The number of amidine groups is 1. The van der Waals surface area contributed by atoms with Gasteiger partial charge in [0.25, 0.3) is 5.91 Å². The summed E-state index contributed by atoms with van der Waals surface area (Å²) >= 11 is 0. The average Bonchev–Trinajstić information content (AvgIpc) is 3.38. The number of nitrogens with two attached hydrogens (primary N) is 1. The number of aliphatic imine (C=N–C) groups is 1. The van der Waals surface area contributed by atoms with Crippen LogP contribution in [0, 0.1) is 0 Å². The first-order valence-corrected chi connectivity index (χ1v) is 12.3. The molecule has 2 aromatic carbocycles. The van der Waals surface area contributed by atoms with Gasteiger partial charge in [-0.3, -0.25) is 9.59 Å². The monoisotopic (exact) mass is 490 g/mol. The molecule has 1 saturated heterocycles. The third-order valence-electron chi connectivity index (χ3n) is 6.55. The molecule has 0 aliphatic carbocycles. The number of ether oxygens (including phenoxy) is 2. The van der Waals surface area contributed by atoms with Crippen LogP contribution >= 0.6 is 0 Å². The molecule has 4 rings (SSSR count). The number of carbonyl (C=O) groups excluding carboxylic acids is 2. The van der Waals surface area contributed by atoms with E-state index in [1.807, 2.05) is 53.4 Å². The zero-order valence-electron chi connectivity index (χ0n) is 21.0. The van der Waals surface area contributed by atoms with Crippen molar-refractivity contribution in [3.63, 3.8) is 0 Å². The maximum Gasteiger partial charge on any atom is 0.253 e. The van der Waals surface area contributed by atoms with E-state index in [-0.39, 0.29) is 18.2 Å². The predicted molar refractivity (Wildman–Crippen MR) is 141 cm³/mol. The van der Waals surface area contributed by atoms with Gasteiger partial charge in [0, 0.05) is 63.5 Å². The summed E-state index contributed by atoms with van der Waals surface area (Å²) in [5, 5.41) is 0. The Labute approximate surface area is 212 Å². The van der Waals surface area contributed by atoms with E-state index in [0.29, 0.717) is 49.0 Å². The standard InChI is InChI=1S/C28H34N4O4/c1-35-15-13-32(14-16-36-2)28(34)24-17-23-10-9-22(18-25(23)30-26(29)19-24)20-5-7-21(8-6-20)27(33)31-11-3-4-12-31/h5-10,17-18H,3-4,11-16,19H2,1-2H3,(H2,29,30). The van der Waals surface area contributed by atoms with E-state index in [4.69, 9.17) is 15.2 Å². The SMILES string of the molecule is COCCN(CCOC)C(=O)C1=Cc2ccc(-c3ccc(C(=O)N4CCCC4)cc3)cc2N=C(N)C1. The highest BCUT2D eigenvalue weighted by Gasteiger charge is 2.22. The van der Waals surface area contributed by atoms with Crippen LogP contribution < -0.4 is 5.73 Å². The fourth-order valence-corrected chi connectivity index (χ4v) is 4.54. The van der Waals surface area contributed by atoms with Gasteiger partial charge in [0.15, 0.2) is 0 Å². The lowest BCUT2D eigenvalue weighted by atomic mass is 9.99. The first kappa shape index (κ1) is 25.6. The van der Waals surface area contributed by atoms with Gasteiger partial charge in [0.1, 0.15) is 5.84 Å². The second-order valence-corrected chi connectivity index (χ2v) is 9.08. The number of methoxy groups -OCH3 is 2. The van der Waals surface area contributed by atoms with Crippen LogP contribution in [0.1, 0.15) is 35.2 Å². The Kier molecular flexibility index (Phi) is 8.51. The Morgan fingerprint density at radius 3 is 2.25 bits per heavy atom. The molecule has 1 fully saturated rings. The van der Waals surface area contributed by atoms with Crippen molar-refractivity contribution < 1.29 is 19.1 Å². The quantitative estimate of drug-likeness (QED) is 0.580. The number of hydrogen-bond donors (Lipinski definition) is 1. The third kappa shape index (κ3) is 6.01. The second kappa shape index (κ2) is 12.0. The van der Waals surface area contributed by atoms with Gasteiger partial charge in [0.2, 0.25) is 5.91 Å². The minimum absolute atomic E-state index is 0.0886. The summed E-state index contributed by atoms with van der Waals surface area (Å²) in [5.41, 5.74) is 11.0. The first-order valence-electron chi connectivity index (χ1n) is 12.3. The molecule has 0 aromatic heterocycles. The zero-order chi connectivity index (χ0) is 25.5. The van der Waals surface area contributed by atoms with Crippen LogP contribution in [0.15, 0.2) is 53.0 Å². The zero-order valence-corrected chi connectivity index (χ0v) is 21.0. The van der Waals surface area contributed by atoms with Gasteiger partial charge in [-0.1, -0.05) is 24.3 Å². The molecular weight excluding hydrogens is 456 g/mol. The molecule has 0 saturated carbocycles. The van der Waals surface area contributed by atoms with Gasteiger partial charge in [-0.05, 0) is 48.2 Å². The molecule has 0 radical (unpaired) electrons. The summed E-state index contributed by atoms with van der Waals surface area (Å²) in [7, 11) is 3.22. The molecule has 2 aromatic rings. The highest BCUT2D eigenvalue weighted by atomic mass is 16.5. The molecule has 0 unspecified atom stereocenters. The number of amides is 2. The Morgan fingerprint density at radius 2 is 1.61 bits per heavy atom. The third-order valence-corrected chi connectivity index (χ3v) is 6.55. The van der Waals surface area contributed by atoms with Crippen molar-refractivity contribution in [1.82, 2.24) is 9.80 Å². The first-order chi connectivity index (χ1) is 17.5. The number of rotatable bonds is 9. The average molecular weight is 491 g/mol. The van der Waals surface area contributed by atoms with Crippen LogP contribution in [0.2, 0.25) is 0 Å². The van der Waals surface area contributed by atoms with Crippen LogP contribution in [0.5, 0.6) is 0 Å². The fraction of sp³-hybridized carbons (Fsp3) is 0.393. The molecule has 2 amide bonds. The fourth-order valence-electron chi connectivity index (χ4n) is 4.54. The van der Waals surface area contributed by atoms with E-state index >= 15 is 0 Å². The van der Waals surface area contributed by atoms with Crippen molar-refractivity contribution in [3.05, 3.63) is 59.2 Å². The summed E-state index contributed by atoms with van der Waals surface area (Å²) in [4.78, 5) is 34.2. The van der Waals surface area contributed by atoms with Gasteiger partial charge in [0.05, 0.1) is 18.9 Å². The number of carbonyl (C=O) groups is 2. The molecule has 0 atom stereocenters. The van der Waals surface area contributed by atoms with Gasteiger partial charge < -0.3 is 25.0 Å². The van der Waals surface area contributed by atoms with Gasteiger partial charge in [-0.25, -0.2) is 4.99 Å². The molecular formula is C28H34N4O4. The van der Waals surface area contributed by atoms with Crippen molar-refractivity contribution in [3.8, 4) is 11.1 Å². The number of benzene rings is 2. The van der Waals surface area contributed by atoms with Gasteiger partial charge >= 0.3 is 0 Å². The van der Waals surface area contributed by atoms with E-state index in [1.54, 1.807) is 19.1 Å². The Bertz CT molecular complexity index is 1140. The van der Waals surface area contributed by atoms with Crippen LogP contribution in [0.3, 0.4) is 0 Å². The molecule has 190 valence electrons. The van der Waals surface area contributed by atoms with E-state index in [2.05, 4.69) is 4.99 Å². The van der Waals surface area contributed by atoms with E-state index < -0.39 is 0 Å². The number of fused-ring (bicyclic) bond motifs is 1. The molecule has 8 nitrogen and oxygen atoms in total. The van der Waals surface area contributed by atoms with Crippen molar-refractivity contribution in [2.24, 2.45) is 10.7 Å². The smallest absolute Gasteiger partial charge is 0.253 e. The highest BCUT2D eigenvalue weighted by molar-refractivity contribution is 6.05. The predicted octanol–water partition coefficient (Wildman–Crippen LogP) is 3.49. The molecule has 8 heteroatoms. The van der Waals surface area contributed by atoms with Crippen molar-refractivity contribution in [2.45, 2.75) is 19.3 Å². The molecule has 2 aliphatic rings. The van der Waals surface area contributed by atoms with Crippen molar-refractivity contribution >= 4 is 29.4 Å². The van der Waals surface area contributed by atoms with E-state index in [0.717, 1.165) is 42.6 Å². The maximum atomic E-state index is 13.3. The Hall–Kier alpha value is -3.49. The summed E-state index contributed by atoms with van der Waals surface area (Å²) in [5.74, 6) is 0.374. The number of likely N-dealkylation sites (tertiary alicyclic amines) is 1. The Balaban J connectivity index is 1.56. The molecule has 0 spiro atoms. The number of hydrogen-bond acceptors (Lipinski definition) is 6. The topological polar surface area (TPSA) is 97.5 Å². The molecule has 0 bridgehead atoms. The minimum Gasteiger partial charge on any atom is -0.387 e. The van der Waals surface area contributed by atoms with Gasteiger partial charge in [-0.2, -0.15) is 0 Å². The maximum absolute atomic E-state index is 13.3. The van der Waals surface area contributed by atoms with E-state index in [1.165, 1.54) is 0 Å². The normalized spacial score (nSPS) is 15.1. The molecule has 2 N–H and O–H groups in total. The van der Waals surface area contributed by atoms with Crippen LogP contribution in [0.4, 0.5) is 5.69 Å². The van der Waals surface area contributed by atoms with Crippen molar-refractivity contribution in [1.29, 1.82) is 0 Å². The lowest BCUT2D eigenvalue weighted by Gasteiger charge is -2.23. The van der Waals surface area contributed by atoms with Crippen LogP contribution in [-0.2, 0) is 14.3 Å². The molecule has 36 heavy (non-hydrogen) atoms. The van der Waals surface area contributed by atoms with Crippen LogP contribution in [0.25, 0.3) is 17.2 Å². The summed E-state index contributed by atoms with van der Waals surface area (Å²) < 4.78 is 10.3. The van der Waals surface area contributed by atoms with Gasteiger partial charge in [-0.15, -0.1) is 0 Å². The lowest BCUT2D eigenvalue weighted by Crippen LogP contribution is -2.38. The summed E-state index contributed by atoms with van der Waals surface area (Å²) in [6.07, 6.45) is 4.28. The molecule has 2 aliphatic heterocycles. The second-order valence-electron chi connectivity index (χ2n) is 9.08. The lowest BCUT2D eigenvalue weighted by molar-refractivity contribution is -0.128. The Morgan fingerprint density at radius 1 is 0.972 bits per heavy atom. The molecule has 2 heterocycles. The highest BCUT2D eigenvalue weighted by Crippen LogP contribution is 2.32. The number of nitrogens with zero attached hydrogens (tertiary/aromatic N) is 3. The summed E-state index contributed by atoms with van der Waals surface area (Å²) in [6, 6.07) is 13.6. The largest absolute Gasteiger partial charge is 0.387 e. The summed E-state index contributed by atoms with van der Waals surface area (Å²) in [6.45, 7) is 3.48. The minimum atomic E-state index is -0.0996. The van der Waals surface area contributed by atoms with Crippen LogP contribution in [-0.4, -0.2) is 81.1 Å². The van der Waals surface area contributed by atoms with Crippen molar-refractivity contribution in [2.75, 3.05) is 53.6 Å².